The Bertz CT molecular complexity index is 518. The molecule has 0 unspecified atom stereocenters. The van der Waals surface area contributed by atoms with E-state index in [2.05, 4.69) is 10.1 Å². The highest BCUT2D eigenvalue weighted by Crippen LogP contribution is 2.32. The number of fused-ring (bicyclic) bond motifs is 1. The van der Waals surface area contributed by atoms with Crippen molar-refractivity contribution in [1.29, 1.82) is 0 Å². The van der Waals surface area contributed by atoms with Crippen LogP contribution in [0.15, 0.2) is 12.3 Å². The van der Waals surface area contributed by atoms with E-state index >= 15 is 0 Å². The second-order valence-electron chi connectivity index (χ2n) is 3.03. The molecule has 0 atom stereocenters. The molecule has 0 radical (unpaired) electrons. The Labute approximate surface area is 87.5 Å². The number of aromatic nitrogens is 3. The summed E-state index contributed by atoms with van der Waals surface area (Å²) in [6.07, 6.45) is -3.10. The minimum atomic E-state index is -4.48. The molecule has 3 nitrogen and oxygen atoms in total. The fourth-order valence-electron chi connectivity index (χ4n) is 1.27. The molecule has 0 N–H and O–H groups in total. The van der Waals surface area contributed by atoms with Gasteiger partial charge in [0.1, 0.15) is 5.56 Å². The van der Waals surface area contributed by atoms with Crippen LogP contribution in [0, 0.1) is 6.92 Å². The van der Waals surface area contributed by atoms with Crippen LogP contribution < -0.4 is 0 Å². The molecule has 0 aliphatic rings. The molecular formula is C8H5ClF3N3. The van der Waals surface area contributed by atoms with Gasteiger partial charge in [-0.05, 0) is 13.0 Å². The second-order valence-corrected chi connectivity index (χ2v) is 3.42. The molecule has 2 heterocycles. The van der Waals surface area contributed by atoms with Crippen LogP contribution in [0.2, 0.25) is 5.15 Å². The first-order valence-corrected chi connectivity index (χ1v) is 4.35. The lowest BCUT2D eigenvalue weighted by atomic mass is 10.3. The predicted octanol–water partition coefficient (Wildman–Crippen LogP) is 2.71. The molecule has 15 heavy (non-hydrogen) atoms. The van der Waals surface area contributed by atoms with E-state index in [0.717, 1.165) is 10.6 Å². The summed E-state index contributed by atoms with van der Waals surface area (Å²) in [4.78, 5) is 3.74. The number of imidazole rings is 1. The average Bonchev–Trinajstić information content (AvgIpc) is 2.41. The van der Waals surface area contributed by atoms with Crippen molar-refractivity contribution in [3.05, 3.63) is 28.7 Å². The first kappa shape index (κ1) is 10.2. The van der Waals surface area contributed by atoms with Gasteiger partial charge in [0.05, 0.1) is 11.9 Å². The van der Waals surface area contributed by atoms with Gasteiger partial charge in [0.25, 0.3) is 0 Å². The molecule has 7 heteroatoms. The van der Waals surface area contributed by atoms with Gasteiger partial charge in [-0.3, -0.25) is 0 Å². The lowest BCUT2D eigenvalue weighted by Crippen LogP contribution is -2.09. The molecule has 80 valence electrons. The molecule has 0 aromatic carbocycles. The van der Waals surface area contributed by atoms with Gasteiger partial charge < -0.3 is 0 Å². The third-order valence-electron chi connectivity index (χ3n) is 1.82. The molecule has 2 aromatic rings. The number of alkyl halides is 3. The lowest BCUT2D eigenvalue weighted by molar-refractivity contribution is -0.136. The van der Waals surface area contributed by atoms with Crippen LogP contribution in [0.5, 0.6) is 0 Å². The van der Waals surface area contributed by atoms with Gasteiger partial charge in [-0.2, -0.15) is 18.3 Å². The third kappa shape index (κ3) is 1.77. The third-order valence-corrected chi connectivity index (χ3v) is 2.01. The standard InChI is InChI=1S/C8H5ClF3N3/c1-4-3-15-7(13-4)5(8(10,11)12)2-6(9)14-15/h2-3H,1H3. The van der Waals surface area contributed by atoms with Crippen molar-refractivity contribution in [2.75, 3.05) is 0 Å². The van der Waals surface area contributed by atoms with Crippen LogP contribution in [-0.4, -0.2) is 14.6 Å². The predicted molar refractivity (Wildman–Crippen MR) is 47.7 cm³/mol. The highest BCUT2D eigenvalue weighted by atomic mass is 35.5. The second kappa shape index (κ2) is 3.10. The smallest absolute Gasteiger partial charge is 0.232 e. The summed E-state index contributed by atoms with van der Waals surface area (Å²) < 4.78 is 38.7. The molecule has 0 saturated carbocycles. The molecule has 0 spiro atoms. The van der Waals surface area contributed by atoms with Gasteiger partial charge in [0.15, 0.2) is 10.8 Å². The number of hydrogen-bond donors (Lipinski definition) is 0. The van der Waals surface area contributed by atoms with Crippen LogP contribution in [0.1, 0.15) is 11.3 Å². The van der Waals surface area contributed by atoms with Crippen LogP contribution in [0.25, 0.3) is 5.65 Å². The van der Waals surface area contributed by atoms with Gasteiger partial charge in [-0.1, -0.05) is 11.6 Å². The highest BCUT2D eigenvalue weighted by molar-refractivity contribution is 6.29. The van der Waals surface area contributed by atoms with Gasteiger partial charge in [-0.15, -0.1) is 0 Å². The molecule has 2 aromatic heterocycles. The molecule has 0 aliphatic heterocycles. The first-order chi connectivity index (χ1) is 6.88. The van der Waals surface area contributed by atoms with Crippen molar-refractivity contribution in [1.82, 2.24) is 14.6 Å². The summed E-state index contributed by atoms with van der Waals surface area (Å²) in [5.41, 5.74) is -0.657. The molecule has 0 saturated heterocycles. The normalized spacial score (nSPS) is 12.3. The molecule has 0 fully saturated rings. The Hall–Kier alpha value is -1.30. The zero-order valence-electron chi connectivity index (χ0n) is 7.51. The SMILES string of the molecule is Cc1cn2nc(Cl)cc(C(F)(F)F)c2n1. The van der Waals surface area contributed by atoms with E-state index in [1.807, 2.05) is 0 Å². The zero-order valence-corrected chi connectivity index (χ0v) is 8.26. The van der Waals surface area contributed by atoms with Gasteiger partial charge >= 0.3 is 6.18 Å². The summed E-state index contributed by atoms with van der Waals surface area (Å²) in [7, 11) is 0. The first-order valence-electron chi connectivity index (χ1n) is 3.97. The maximum atomic E-state index is 12.6. The van der Waals surface area contributed by atoms with E-state index in [-0.39, 0.29) is 10.8 Å². The highest BCUT2D eigenvalue weighted by Gasteiger charge is 2.34. The summed E-state index contributed by atoms with van der Waals surface area (Å²) >= 11 is 5.48. The zero-order chi connectivity index (χ0) is 11.2. The van der Waals surface area contributed by atoms with Crippen molar-refractivity contribution in [2.45, 2.75) is 13.1 Å². The van der Waals surface area contributed by atoms with E-state index in [0.29, 0.717) is 5.69 Å². The van der Waals surface area contributed by atoms with Crippen molar-refractivity contribution in [3.63, 3.8) is 0 Å². The summed E-state index contributed by atoms with van der Waals surface area (Å²) in [6.45, 7) is 1.59. The number of nitrogens with zero attached hydrogens (tertiary/aromatic N) is 3. The van der Waals surface area contributed by atoms with Crippen molar-refractivity contribution in [2.24, 2.45) is 0 Å². The van der Waals surface area contributed by atoms with Crippen LogP contribution in [0.3, 0.4) is 0 Å². The molecular weight excluding hydrogens is 231 g/mol. The number of hydrogen-bond acceptors (Lipinski definition) is 2. The minimum Gasteiger partial charge on any atom is -0.232 e. The van der Waals surface area contributed by atoms with Crippen LogP contribution in [-0.2, 0) is 6.18 Å². The summed E-state index contributed by atoms with van der Waals surface area (Å²) in [5, 5.41) is 3.47. The Morgan fingerprint density at radius 1 is 1.40 bits per heavy atom. The largest absolute Gasteiger partial charge is 0.420 e. The van der Waals surface area contributed by atoms with Crippen molar-refractivity contribution in [3.8, 4) is 0 Å². The Kier molecular flexibility index (Phi) is 2.11. The topological polar surface area (TPSA) is 30.2 Å². The van der Waals surface area contributed by atoms with E-state index in [1.54, 1.807) is 6.92 Å². The summed E-state index contributed by atoms with van der Waals surface area (Å²) in [6, 6.07) is 0.767. The molecule has 2 rings (SSSR count). The molecule has 0 amide bonds. The Balaban J connectivity index is 2.82. The van der Waals surface area contributed by atoms with Crippen LogP contribution in [0.4, 0.5) is 13.2 Å². The van der Waals surface area contributed by atoms with Gasteiger partial charge in [0, 0.05) is 0 Å². The van der Waals surface area contributed by atoms with Gasteiger partial charge in [-0.25, -0.2) is 9.50 Å². The lowest BCUT2D eigenvalue weighted by Gasteiger charge is -2.07. The molecule has 0 bridgehead atoms. The Morgan fingerprint density at radius 2 is 2.07 bits per heavy atom. The number of halogens is 4. The van der Waals surface area contributed by atoms with E-state index in [4.69, 9.17) is 11.6 Å². The maximum Gasteiger partial charge on any atom is 0.420 e. The quantitative estimate of drug-likeness (QED) is 0.703. The van der Waals surface area contributed by atoms with E-state index in [1.165, 1.54) is 6.20 Å². The van der Waals surface area contributed by atoms with E-state index in [9.17, 15) is 13.2 Å². The van der Waals surface area contributed by atoms with Crippen molar-refractivity contribution >= 4 is 17.2 Å². The average molecular weight is 236 g/mol. The van der Waals surface area contributed by atoms with Crippen LogP contribution >= 0.6 is 11.6 Å². The summed E-state index contributed by atoms with van der Waals surface area (Å²) in [5.74, 6) is 0. The van der Waals surface area contributed by atoms with E-state index < -0.39 is 11.7 Å². The molecule has 0 aliphatic carbocycles. The fraction of sp³-hybridized carbons (Fsp3) is 0.250. The minimum absolute atomic E-state index is 0.216. The maximum absolute atomic E-state index is 12.6. The Morgan fingerprint density at radius 3 is 2.67 bits per heavy atom. The fourth-order valence-corrected chi connectivity index (χ4v) is 1.46. The van der Waals surface area contributed by atoms with Gasteiger partial charge in [0.2, 0.25) is 0 Å². The number of rotatable bonds is 0. The number of aryl methyl sites for hydroxylation is 1. The monoisotopic (exact) mass is 235 g/mol. The van der Waals surface area contributed by atoms with Crippen molar-refractivity contribution < 1.29 is 13.2 Å².